The lowest BCUT2D eigenvalue weighted by Crippen LogP contribution is -2.26. The molecule has 0 bridgehead atoms. The molecule has 10 rings (SSSR count). The van der Waals surface area contributed by atoms with Crippen LogP contribution in [-0.4, -0.2) is 4.57 Å². The molecule has 0 unspecified atom stereocenters. The Balaban J connectivity index is 1.15. The van der Waals surface area contributed by atoms with Crippen LogP contribution in [-0.2, 0) is 5.41 Å². The van der Waals surface area contributed by atoms with Crippen LogP contribution in [0.3, 0.4) is 0 Å². The molecule has 3 heterocycles. The van der Waals surface area contributed by atoms with E-state index in [2.05, 4.69) is 183 Å². The summed E-state index contributed by atoms with van der Waals surface area (Å²) in [5, 5.41) is 4.77. The van der Waals surface area contributed by atoms with Crippen molar-refractivity contribution < 1.29 is 4.42 Å². The Bertz CT molecular complexity index is 2730. The van der Waals surface area contributed by atoms with Gasteiger partial charge in [-0.05, 0) is 96.8 Å². The normalized spacial score (nSPS) is 13.4. The van der Waals surface area contributed by atoms with Crippen molar-refractivity contribution in [1.29, 1.82) is 0 Å². The van der Waals surface area contributed by atoms with E-state index in [1.165, 1.54) is 71.6 Å². The van der Waals surface area contributed by atoms with Gasteiger partial charge in [-0.3, -0.25) is 0 Å². The number of rotatable bonds is 4. The Morgan fingerprint density at radius 3 is 1.80 bits per heavy atom. The predicted molar refractivity (Wildman–Crippen MR) is 210 cm³/mol. The molecule has 0 atom stereocenters. The molecule has 1 aliphatic heterocycles. The molecule has 0 aliphatic carbocycles. The fourth-order valence-corrected chi connectivity index (χ4v) is 8.27. The Hall–Kier alpha value is -6.06. The van der Waals surface area contributed by atoms with Crippen molar-refractivity contribution in [3.63, 3.8) is 0 Å². The van der Waals surface area contributed by atoms with Gasteiger partial charge in [-0.2, -0.15) is 0 Å². The monoisotopic (exact) mass is 644 g/mol. The quantitative estimate of drug-likeness (QED) is 0.190. The fourth-order valence-electron chi connectivity index (χ4n) is 8.27. The average Bonchev–Trinajstić information content (AvgIpc) is 3.69. The largest absolute Gasteiger partial charge is 0.455 e. The maximum absolute atomic E-state index is 6.65. The lowest BCUT2D eigenvalue weighted by Gasteiger charge is -2.35. The molecule has 0 N–H and O–H groups in total. The molecule has 50 heavy (non-hydrogen) atoms. The highest BCUT2D eigenvalue weighted by Crippen LogP contribution is 2.51. The topological polar surface area (TPSA) is 21.3 Å². The van der Waals surface area contributed by atoms with E-state index in [0.717, 1.165) is 28.2 Å². The Morgan fingerprint density at radius 1 is 0.540 bits per heavy atom. The molecule has 3 nitrogen and oxygen atoms in total. The average molecular weight is 645 g/mol. The molecule has 0 spiro atoms. The second-order valence-corrected chi connectivity index (χ2v) is 14.4. The molecule has 7 aromatic carbocycles. The molecule has 0 fully saturated rings. The van der Waals surface area contributed by atoms with Crippen LogP contribution in [0.4, 0.5) is 17.1 Å². The van der Waals surface area contributed by atoms with Crippen molar-refractivity contribution in [2.24, 2.45) is 0 Å². The van der Waals surface area contributed by atoms with Crippen LogP contribution >= 0.6 is 0 Å². The standard InChI is InChI=1S/C47H36N2O/c1-29-13-20-33(21-14-29)48(34-22-15-30(2)16-23-34)35-24-17-31(18-25-35)32-19-26-39-42(27-32)49-41-11-7-5-10-37(41)44-45(49)40(47(39,3)4)28-38-36-9-6-8-12-43(36)50-46(38)44/h5-28H,1-4H3. The number of hydrogen-bond acceptors (Lipinski definition) is 2. The zero-order valence-corrected chi connectivity index (χ0v) is 28.7. The Morgan fingerprint density at radius 2 is 1.12 bits per heavy atom. The van der Waals surface area contributed by atoms with Crippen molar-refractivity contribution >= 4 is 60.8 Å². The first-order valence-electron chi connectivity index (χ1n) is 17.4. The molecule has 3 heteroatoms. The molecule has 0 saturated carbocycles. The molecule has 240 valence electrons. The van der Waals surface area contributed by atoms with Gasteiger partial charge >= 0.3 is 0 Å². The Labute approximate surface area is 291 Å². The number of anilines is 3. The lowest BCUT2D eigenvalue weighted by molar-refractivity contribution is 0.630. The van der Waals surface area contributed by atoms with Gasteiger partial charge in [0.25, 0.3) is 0 Å². The number of aryl methyl sites for hydroxylation is 2. The molecule has 0 saturated heterocycles. The summed E-state index contributed by atoms with van der Waals surface area (Å²) in [6, 6.07) is 53.2. The highest BCUT2D eigenvalue weighted by molar-refractivity contribution is 6.25. The van der Waals surface area contributed by atoms with Crippen molar-refractivity contribution in [3.05, 3.63) is 168 Å². The van der Waals surface area contributed by atoms with E-state index in [1.54, 1.807) is 0 Å². The smallest absolute Gasteiger partial charge is 0.145 e. The Kier molecular flexibility index (Phi) is 6.05. The minimum Gasteiger partial charge on any atom is -0.455 e. The van der Waals surface area contributed by atoms with Crippen LogP contribution in [0.15, 0.2) is 150 Å². The summed E-state index contributed by atoms with van der Waals surface area (Å²) < 4.78 is 9.14. The first-order valence-corrected chi connectivity index (χ1v) is 17.4. The minimum atomic E-state index is -0.213. The summed E-state index contributed by atoms with van der Waals surface area (Å²) in [5.41, 5.74) is 16.3. The molecule has 0 radical (unpaired) electrons. The second kappa shape index (κ2) is 10.5. The van der Waals surface area contributed by atoms with Gasteiger partial charge in [0, 0.05) is 38.6 Å². The molecule has 1 aliphatic rings. The van der Waals surface area contributed by atoms with E-state index in [0.29, 0.717) is 0 Å². The maximum Gasteiger partial charge on any atom is 0.145 e. The summed E-state index contributed by atoms with van der Waals surface area (Å²) in [5.74, 6) is 0. The van der Waals surface area contributed by atoms with Crippen molar-refractivity contribution in [2.45, 2.75) is 33.1 Å². The first kappa shape index (κ1) is 28.9. The van der Waals surface area contributed by atoms with Gasteiger partial charge in [0.1, 0.15) is 11.2 Å². The van der Waals surface area contributed by atoms with E-state index in [-0.39, 0.29) is 5.41 Å². The fraction of sp³-hybridized carbons (Fsp3) is 0.106. The minimum absolute atomic E-state index is 0.213. The molecular formula is C47H36N2O. The van der Waals surface area contributed by atoms with Crippen molar-refractivity contribution in [1.82, 2.24) is 4.57 Å². The number of aromatic nitrogens is 1. The van der Waals surface area contributed by atoms with E-state index >= 15 is 0 Å². The third kappa shape index (κ3) is 4.10. The summed E-state index contributed by atoms with van der Waals surface area (Å²) in [6.07, 6.45) is 0. The highest BCUT2D eigenvalue weighted by Gasteiger charge is 2.37. The van der Waals surface area contributed by atoms with Gasteiger partial charge in [0.2, 0.25) is 0 Å². The van der Waals surface area contributed by atoms with Gasteiger partial charge in [-0.25, -0.2) is 0 Å². The zero-order valence-electron chi connectivity index (χ0n) is 28.7. The van der Waals surface area contributed by atoms with Crippen LogP contribution in [0.1, 0.15) is 36.1 Å². The van der Waals surface area contributed by atoms with Crippen LogP contribution in [0.2, 0.25) is 0 Å². The number of hydrogen-bond donors (Lipinski definition) is 0. The maximum atomic E-state index is 6.65. The van der Waals surface area contributed by atoms with Gasteiger partial charge in [-0.15, -0.1) is 0 Å². The number of nitrogens with zero attached hydrogens (tertiary/aromatic N) is 2. The number of furan rings is 1. The molecular weight excluding hydrogens is 609 g/mol. The molecule has 0 amide bonds. The van der Waals surface area contributed by atoms with Gasteiger partial charge in [0.15, 0.2) is 0 Å². The van der Waals surface area contributed by atoms with Gasteiger partial charge in [0.05, 0.1) is 22.1 Å². The molecule has 2 aromatic heterocycles. The predicted octanol–water partition coefficient (Wildman–Crippen LogP) is 13.1. The summed E-state index contributed by atoms with van der Waals surface area (Å²) in [6.45, 7) is 9.01. The van der Waals surface area contributed by atoms with E-state index < -0.39 is 0 Å². The second-order valence-electron chi connectivity index (χ2n) is 14.4. The van der Waals surface area contributed by atoms with Crippen LogP contribution < -0.4 is 4.90 Å². The van der Waals surface area contributed by atoms with Crippen molar-refractivity contribution in [3.8, 4) is 16.8 Å². The van der Waals surface area contributed by atoms with Gasteiger partial charge in [-0.1, -0.05) is 110 Å². The third-order valence-corrected chi connectivity index (χ3v) is 10.9. The summed E-state index contributed by atoms with van der Waals surface area (Å²) in [7, 11) is 0. The van der Waals surface area contributed by atoms with E-state index in [9.17, 15) is 0 Å². The molecule has 9 aromatic rings. The van der Waals surface area contributed by atoms with Crippen LogP contribution in [0, 0.1) is 13.8 Å². The lowest BCUT2D eigenvalue weighted by atomic mass is 9.74. The van der Waals surface area contributed by atoms with Crippen LogP contribution in [0.5, 0.6) is 0 Å². The van der Waals surface area contributed by atoms with E-state index in [4.69, 9.17) is 4.42 Å². The SMILES string of the molecule is Cc1ccc(N(c2ccc(C)cc2)c2ccc(-c3ccc4c(c3)-n3c5ccccc5c5c6oc7ccccc7c6cc(c53)C4(C)C)cc2)cc1. The van der Waals surface area contributed by atoms with E-state index in [1.807, 2.05) is 0 Å². The number of fused-ring (bicyclic) bond motifs is 9. The summed E-state index contributed by atoms with van der Waals surface area (Å²) >= 11 is 0. The van der Waals surface area contributed by atoms with Crippen molar-refractivity contribution in [2.75, 3.05) is 4.90 Å². The zero-order chi connectivity index (χ0) is 33.7. The number of para-hydroxylation sites is 2. The first-order chi connectivity index (χ1) is 24.4. The number of benzene rings is 7. The highest BCUT2D eigenvalue weighted by atomic mass is 16.3. The summed E-state index contributed by atoms with van der Waals surface area (Å²) in [4.78, 5) is 2.33. The van der Waals surface area contributed by atoms with Crippen LogP contribution in [0.25, 0.3) is 60.6 Å². The third-order valence-electron chi connectivity index (χ3n) is 10.9. The van der Waals surface area contributed by atoms with Gasteiger partial charge < -0.3 is 13.9 Å².